The van der Waals surface area contributed by atoms with Crippen LogP contribution in [-0.4, -0.2) is 39.5 Å². The first kappa shape index (κ1) is 16.7. The standard InChI is InChI=1S/C14H21N3O4/c1-14(2,3)16-11(18)6-7-15-13(21)10-5-4-8-17(10)9-12(19)20/h4-5,8H,6-7,9H2,1-3H3,(H,15,21)(H,16,18)(H,19,20). The zero-order valence-corrected chi connectivity index (χ0v) is 12.5. The minimum absolute atomic E-state index is 0.149. The van der Waals surface area contributed by atoms with Gasteiger partial charge >= 0.3 is 5.97 Å². The van der Waals surface area contributed by atoms with E-state index >= 15 is 0 Å². The average Bonchev–Trinajstić information content (AvgIpc) is 2.73. The lowest BCUT2D eigenvalue weighted by Gasteiger charge is -2.20. The van der Waals surface area contributed by atoms with Crippen LogP contribution in [0.3, 0.4) is 0 Å². The van der Waals surface area contributed by atoms with Crippen LogP contribution < -0.4 is 10.6 Å². The molecular weight excluding hydrogens is 274 g/mol. The van der Waals surface area contributed by atoms with Crippen LogP contribution in [0, 0.1) is 0 Å². The first-order chi connectivity index (χ1) is 9.69. The van der Waals surface area contributed by atoms with E-state index < -0.39 is 11.9 Å². The molecule has 0 bridgehead atoms. The minimum atomic E-state index is -1.02. The molecule has 0 aliphatic rings. The van der Waals surface area contributed by atoms with Crippen LogP contribution in [0.5, 0.6) is 0 Å². The van der Waals surface area contributed by atoms with E-state index in [1.165, 1.54) is 16.8 Å². The molecule has 0 aliphatic carbocycles. The molecule has 2 amide bonds. The van der Waals surface area contributed by atoms with E-state index in [0.29, 0.717) is 0 Å². The summed E-state index contributed by atoms with van der Waals surface area (Å²) < 4.78 is 1.34. The number of nitrogens with one attached hydrogen (secondary N) is 2. The van der Waals surface area contributed by atoms with Gasteiger partial charge in [0.2, 0.25) is 5.91 Å². The molecule has 116 valence electrons. The molecule has 0 atom stereocenters. The van der Waals surface area contributed by atoms with E-state index in [1.54, 1.807) is 6.07 Å². The fraction of sp³-hybridized carbons (Fsp3) is 0.500. The summed E-state index contributed by atoms with van der Waals surface area (Å²) in [7, 11) is 0. The lowest BCUT2D eigenvalue weighted by Crippen LogP contribution is -2.42. The normalized spacial score (nSPS) is 11.0. The highest BCUT2D eigenvalue weighted by atomic mass is 16.4. The monoisotopic (exact) mass is 295 g/mol. The Bertz CT molecular complexity index is 529. The number of rotatable bonds is 6. The van der Waals surface area contributed by atoms with Crippen molar-refractivity contribution in [3.05, 3.63) is 24.0 Å². The number of carboxylic acids is 1. The lowest BCUT2D eigenvalue weighted by molar-refractivity contribution is -0.137. The Morgan fingerprint density at radius 1 is 1.29 bits per heavy atom. The first-order valence-electron chi connectivity index (χ1n) is 6.65. The molecule has 0 aliphatic heterocycles. The first-order valence-corrected chi connectivity index (χ1v) is 6.65. The molecule has 7 heteroatoms. The van der Waals surface area contributed by atoms with Gasteiger partial charge in [-0.25, -0.2) is 0 Å². The Morgan fingerprint density at radius 2 is 1.95 bits per heavy atom. The van der Waals surface area contributed by atoms with E-state index in [0.717, 1.165) is 0 Å². The molecule has 1 heterocycles. The molecule has 1 aromatic heterocycles. The van der Waals surface area contributed by atoms with E-state index in [2.05, 4.69) is 10.6 Å². The molecule has 0 aromatic carbocycles. The Kier molecular flexibility index (Phi) is 5.52. The van der Waals surface area contributed by atoms with Crippen molar-refractivity contribution in [2.45, 2.75) is 39.3 Å². The zero-order chi connectivity index (χ0) is 16.0. The van der Waals surface area contributed by atoms with E-state index in [9.17, 15) is 14.4 Å². The lowest BCUT2D eigenvalue weighted by atomic mass is 10.1. The topological polar surface area (TPSA) is 100 Å². The smallest absolute Gasteiger partial charge is 0.323 e. The van der Waals surface area contributed by atoms with E-state index in [-0.39, 0.29) is 36.7 Å². The number of aliphatic carboxylic acids is 1. The molecular formula is C14H21N3O4. The van der Waals surface area contributed by atoms with Gasteiger partial charge in [-0.1, -0.05) is 0 Å². The van der Waals surface area contributed by atoms with Gasteiger partial charge in [-0.3, -0.25) is 14.4 Å². The van der Waals surface area contributed by atoms with Gasteiger partial charge in [0.05, 0.1) is 0 Å². The van der Waals surface area contributed by atoms with Crippen LogP contribution in [0.25, 0.3) is 0 Å². The molecule has 0 radical (unpaired) electrons. The predicted octanol–water partition coefficient (Wildman–Crippen LogP) is 0.607. The number of carboxylic acid groups (broad SMARTS) is 1. The zero-order valence-electron chi connectivity index (χ0n) is 12.5. The summed E-state index contributed by atoms with van der Waals surface area (Å²) in [6, 6.07) is 3.14. The molecule has 0 saturated heterocycles. The Labute approximate surface area is 123 Å². The van der Waals surface area contributed by atoms with Crippen LogP contribution in [0.1, 0.15) is 37.7 Å². The number of hydrogen-bond acceptors (Lipinski definition) is 3. The summed E-state index contributed by atoms with van der Waals surface area (Å²) >= 11 is 0. The Morgan fingerprint density at radius 3 is 2.52 bits per heavy atom. The van der Waals surface area contributed by atoms with Crippen molar-refractivity contribution in [2.24, 2.45) is 0 Å². The summed E-state index contributed by atoms with van der Waals surface area (Å²) in [5.74, 6) is -1.57. The van der Waals surface area contributed by atoms with Gasteiger partial charge in [0, 0.05) is 24.7 Å². The third-order valence-electron chi connectivity index (χ3n) is 2.52. The number of hydrogen-bond donors (Lipinski definition) is 3. The summed E-state index contributed by atoms with van der Waals surface area (Å²) in [6.45, 7) is 5.55. The van der Waals surface area contributed by atoms with Crippen LogP contribution in [0.4, 0.5) is 0 Å². The van der Waals surface area contributed by atoms with Gasteiger partial charge in [0.15, 0.2) is 0 Å². The molecule has 3 N–H and O–H groups in total. The third kappa shape index (κ3) is 6.11. The molecule has 0 saturated carbocycles. The van der Waals surface area contributed by atoms with Crippen molar-refractivity contribution in [3.8, 4) is 0 Å². The summed E-state index contributed by atoms with van der Waals surface area (Å²) in [6.07, 6.45) is 1.69. The number of amides is 2. The highest BCUT2D eigenvalue weighted by Crippen LogP contribution is 2.03. The molecule has 21 heavy (non-hydrogen) atoms. The highest BCUT2D eigenvalue weighted by molar-refractivity contribution is 5.93. The van der Waals surface area contributed by atoms with Crippen LogP contribution in [-0.2, 0) is 16.1 Å². The van der Waals surface area contributed by atoms with Gasteiger partial charge in [-0.05, 0) is 32.9 Å². The molecule has 0 spiro atoms. The molecule has 7 nitrogen and oxygen atoms in total. The van der Waals surface area contributed by atoms with Gasteiger partial charge in [-0.2, -0.15) is 0 Å². The largest absolute Gasteiger partial charge is 0.480 e. The molecule has 0 unspecified atom stereocenters. The van der Waals surface area contributed by atoms with Crippen molar-refractivity contribution < 1.29 is 19.5 Å². The van der Waals surface area contributed by atoms with Crippen molar-refractivity contribution in [2.75, 3.05) is 6.54 Å². The van der Waals surface area contributed by atoms with E-state index in [1.807, 2.05) is 20.8 Å². The summed E-state index contributed by atoms with van der Waals surface area (Å²) in [5, 5.41) is 14.1. The van der Waals surface area contributed by atoms with Gasteiger partial charge in [0.1, 0.15) is 12.2 Å². The Balaban J connectivity index is 2.46. The van der Waals surface area contributed by atoms with Crippen molar-refractivity contribution in [1.29, 1.82) is 0 Å². The van der Waals surface area contributed by atoms with Crippen LogP contribution in [0.2, 0.25) is 0 Å². The number of nitrogens with zero attached hydrogens (tertiary/aromatic N) is 1. The van der Waals surface area contributed by atoms with Crippen LogP contribution >= 0.6 is 0 Å². The Hall–Kier alpha value is -2.31. The number of aromatic nitrogens is 1. The second-order valence-corrected chi connectivity index (χ2v) is 5.72. The second kappa shape index (κ2) is 6.92. The maximum atomic E-state index is 11.9. The SMILES string of the molecule is CC(C)(C)NC(=O)CCNC(=O)c1cccn1CC(=O)O. The maximum absolute atomic E-state index is 11.9. The number of carbonyl (C=O) groups is 3. The van der Waals surface area contributed by atoms with Gasteiger partial charge in [-0.15, -0.1) is 0 Å². The van der Waals surface area contributed by atoms with E-state index in [4.69, 9.17) is 5.11 Å². The molecule has 1 aromatic rings. The fourth-order valence-electron chi connectivity index (χ4n) is 1.76. The van der Waals surface area contributed by atoms with Gasteiger partial charge < -0.3 is 20.3 Å². The highest BCUT2D eigenvalue weighted by Gasteiger charge is 2.15. The average molecular weight is 295 g/mol. The summed E-state index contributed by atoms with van der Waals surface area (Å²) in [5.41, 5.74) is -0.0503. The van der Waals surface area contributed by atoms with Crippen LogP contribution in [0.15, 0.2) is 18.3 Å². The van der Waals surface area contributed by atoms with Crippen molar-refractivity contribution >= 4 is 17.8 Å². The van der Waals surface area contributed by atoms with Crippen molar-refractivity contribution in [3.63, 3.8) is 0 Å². The summed E-state index contributed by atoms with van der Waals surface area (Å²) in [4.78, 5) is 34.2. The second-order valence-electron chi connectivity index (χ2n) is 5.72. The quantitative estimate of drug-likeness (QED) is 0.715. The molecule has 0 fully saturated rings. The minimum Gasteiger partial charge on any atom is -0.480 e. The predicted molar refractivity (Wildman–Crippen MR) is 76.9 cm³/mol. The maximum Gasteiger partial charge on any atom is 0.323 e. The molecule has 1 rings (SSSR count). The fourth-order valence-corrected chi connectivity index (χ4v) is 1.76. The third-order valence-corrected chi connectivity index (χ3v) is 2.52. The number of carbonyl (C=O) groups excluding carboxylic acids is 2. The van der Waals surface area contributed by atoms with Gasteiger partial charge in [0.25, 0.3) is 5.91 Å². The van der Waals surface area contributed by atoms with Crippen molar-refractivity contribution in [1.82, 2.24) is 15.2 Å².